The number of amidine groups is 1. The number of nitrogens with zero attached hydrogens (tertiary/aromatic N) is 2. The third-order valence-corrected chi connectivity index (χ3v) is 7.37. The fourth-order valence-corrected chi connectivity index (χ4v) is 5.32. The van der Waals surface area contributed by atoms with Gasteiger partial charge in [-0.25, -0.2) is 10.4 Å². The van der Waals surface area contributed by atoms with Crippen molar-refractivity contribution in [2.75, 3.05) is 5.32 Å². The molecule has 3 heterocycles. The average molecular weight is 537 g/mol. The Morgan fingerprint density at radius 1 is 0.658 bits per heavy atom. The van der Waals surface area contributed by atoms with Gasteiger partial charge in [-0.1, -0.05) is 108 Å². The molecule has 38 heavy (non-hydrogen) atoms. The summed E-state index contributed by atoms with van der Waals surface area (Å²) in [5, 5.41) is 7.09. The molecule has 0 aliphatic carbocycles. The molecule has 2 aliphatic rings. The van der Waals surface area contributed by atoms with Crippen LogP contribution in [0.4, 0.5) is 5.88 Å². The number of furan rings is 1. The summed E-state index contributed by atoms with van der Waals surface area (Å²) in [6.07, 6.45) is -0.558. The second-order valence-corrected chi connectivity index (χ2v) is 10.1. The lowest BCUT2D eigenvalue weighted by molar-refractivity contribution is 0.239. The van der Waals surface area contributed by atoms with Crippen LogP contribution in [-0.4, -0.2) is 10.8 Å². The van der Waals surface area contributed by atoms with Crippen LogP contribution in [0.1, 0.15) is 29.0 Å². The molecule has 5 nitrogen and oxygen atoms in total. The van der Waals surface area contributed by atoms with E-state index in [2.05, 4.69) is 40.0 Å². The van der Waals surface area contributed by atoms with Crippen molar-refractivity contribution in [3.05, 3.63) is 136 Å². The molecular weight excluding hydrogens is 515 g/mol. The van der Waals surface area contributed by atoms with Gasteiger partial charge in [0.2, 0.25) is 5.88 Å². The number of hydrogen-bond donors (Lipinski definition) is 2. The number of anilines is 1. The highest BCUT2D eigenvalue weighted by Gasteiger charge is 2.42. The van der Waals surface area contributed by atoms with Gasteiger partial charge in [0.05, 0.1) is 5.56 Å². The van der Waals surface area contributed by atoms with Crippen molar-refractivity contribution in [3.63, 3.8) is 0 Å². The Labute approximate surface area is 230 Å². The van der Waals surface area contributed by atoms with Gasteiger partial charge in [0, 0.05) is 21.2 Å². The molecule has 4 aromatic carbocycles. The van der Waals surface area contributed by atoms with E-state index in [0.717, 1.165) is 45.0 Å². The lowest BCUT2D eigenvalue weighted by atomic mass is 9.96. The molecule has 186 valence electrons. The number of hydrazine groups is 1. The average Bonchev–Trinajstić information content (AvgIpc) is 3.57. The third-order valence-electron chi connectivity index (χ3n) is 6.87. The molecule has 0 bridgehead atoms. The van der Waals surface area contributed by atoms with E-state index in [1.54, 1.807) is 0 Å². The molecule has 2 aliphatic heterocycles. The van der Waals surface area contributed by atoms with Gasteiger partial charge in [0.1, 0.15) is 18.1 Å². The number of nitrogens with one attached hydrogen (secondary N) is 2. The quantitative estimate of drug-likeness (QED) is 0.242. The molecular formula is C31H22Cl2N4O. The molecule has 0 saturated heterocycles. The summed E-state index contributed by atoms with van der Waals surface area (Å²) in [6, 6.07) is 36.1. The number of fused-ring (bicyclic) bond motifs is 3. The van der Waals surface area contributed by atoms with E-state index in [1.807, 2.05) is 84.9 Å². The van der Waals surface area contributed by atoms with Crippen LogP contribution in [0.2, 0.25) is 10.0 Å². The zero-order chi connectivity index (χ0) is 25.6. The van der Waals surface area contributed by atoms with E-state index in [-0.39, 0.29) is 12.3 Å². The van der Waals surface area contributed by atoms with Gasteiger partial charge >= 0.3 is 0 Å². The van der Waals surface area contributed by atoms with Gasteiger partial charge in [0.15, 0.2) is 5.84 Å². The first kappa shape index (κ1) is 23.1. The Kier molecular flexibility index (Phi) is 5.70. The van der Waals surface area contributed by atoms with E-state index in [9.17, 15) is 0 Å². The van der Waals surface area contributed by atoms with E-state index < -0.39 is 0 Å². The molecule has 0 unspecified atom stereocenters. The van der Waals surface area contributed by atoms with Gasteiger partial charge in [-0.15, -0.1) is 0 Å². The number of aliphatic imine (C=N–C) groups is 1. The minimum Gasteiger partial charge on any atom is -0.439 e. The fraction of sp³-hybridized carbons (Fsp3) is 0.0645. The number of benzene rings is 4. The second kappa shape index (κ2) is 9.37. The monoisotopic (exact) mass is 536 g/mol. The van der Waals surface area contributed by atoms with Gasteiger partial charge in [0.25, 0.3) is 0 Å². The minimum atomic E-state index is -0.288. The minimum absolute atomic E-state index is 0.269. The highest BCUT2D eigenvalue weighted by molar-refractivity contribution is 6.30. The Morgan fingerprint density at radius 3 is 1.87 bits per heavy atom. The Hall–Kier alpha value is -4.03. The van der Waals surface area contributed by atoms with Crippen molar-refractivity contribution in [2.45, 2.75) is 12.3 Å². The van der Waals surface area contributed by atoms with Crippen molar-refractivity contribution in [1.29, 1.82) is 0 Å². The summed E-state index contributed by atoms with van der Waals surface area (Å²) < 4.78 is 6.63. The maximum Gasteiger partial charge on any atom is 0.207 e. The Morgan fingerprint density at radius 2 is 1.24 bits per heavy atom. The van der Waals surface area contributed by atoms with E-state index in [4.69, 9.17) is 32.6 Å². The fourth-order valence-electron chi connectivity index (χ4n) is 5.07. The molecule has 0 radical (unpaired) electrons. The van der Waals surface area contributed by atoms with Crippen LogP contribution in [0.5, 0.6) is 0 Å². The van der Waals surface area contributed by atoms with Crippen LogP contribution in [0, 0.1) is 0 Å². The SMILES string of the molecule is Clc1ccc([C@H]2Nc3oc(-c4ccccc4)c(-c4ccccc4)c3C3=N[C@H](c4ccc(Cl)cc4)NN32)cc1. The van der Waals surface area contributed by atoms with Gasteiger partial charge in [-0.2, -0.15) is 0 Å². The largest absolute Gasteiger partial charge is 0.439 e. The topological polar surface area (TPSA) is 52.8 Å². The normalized spacial score (nSPS) is 17.9. The third kappa shape index (κ3) is 3.96. The van der Waals surface area contributed by atoms with E-state index in [0.29, 0.717) is 15.9 Å². The van der Waals surface area contributed by atoms with Crippen LogP contribution in [0.25, 0.3) is 22.5 Å². The molecule has 0 saturated carbocycles. The highest BCUT2D eigenvalue weighted by atomic mass is 35.5. The van der Waals surface area contributed by atoms with Crippen molar-refractivity contribution >= 4 is 34.9 Å². The molecule has 5 aromatic rings. The maximum absolute atomic E-state index is 6.63. The molecule has 7 heteroatoms. The van der Waals surface area contributed by atoms with Crippen molar-refractivity contribution in [1.82, 2.24) is 10.4 Å². The summed E-state index contributed by atoms with van der Waals surface area (Å²) in [4.78, 5) is 5.20. The van der Waals surface area contributed by atoms with Crippen molar-refractivity contribution < 1.29 is 4.42 Å². The highest BCUT2D eigenvalue weighted by Crippen LogP contribution is 2.48. The van der Waals surface area contributed by atoms with Gasteiger partial charge < -0.3 is 9.73 Å². The number of halogens is 2. The first-order valence-corrected chi connectivity index (χ1v) is 13.1. The smallest absolute Gasteiger partial charge is 0.207 e. The van der Waals surface area contributed by atoms with Crippen molar-refractivity contribution in [3.8, 4) is 22.5 Å². The van der Waals surface area contributed by atoms with E-state index >= 15 is 0 Å². The first-order valence-electron chi connectivity index (χ1n) is 12.3. The van der Waals surface area contributed by atoms with Gasteiger partial charge in [-0.3, -0.25) is 5.01 Å². The number of hydrogen-bond acceptors (Lipinski definition) is 5. The Bertz CT molecular complexity index is 1630. The zero-order valence-corrected chi connectivity index (χ0v) is 21.6. The lowest BCUT2D eigenvalue weighted by Crippen LogP contribution is -2.47. The summed E-state index contributed by atoms with van der Waals surface area (Å²) in [7, 11) is 0. The Balaban J connectivity index is 1.45. The molecule has 2 atom stereocenters. The molecule has 0 amide bonds. The number of rotatable bonds is 4. The van der Waals surface area contributed by atoms with Gasteiger partial charge in [-0.05, 0) is 41.0 Å². The summed E-state index contributed by atoms with van der Waals surface area (Å²) in [6.45, 7) is 0. The van der Waals surface area contributed by atoms with Crippen LogP contribution >= 0.6 is 23.2 Å². The zero-order valence-electron chi connectivity index (χ0n) is 20.1. The van der Waals surface area contributed by atoms with Crippen molar-refractivity contribution in [2.24, 2.45) is 4.99 Å². The molecule has 1 aromatic heterocycles. The molecule has 0 spiro atoms. The van der Waals surface area contributed by atoms with Crippen LogP contribution < -0.4 is 10.7 Å². The molecule has 0 fully saturated rings. The maximum atomic E-state index is 6.63. The van der Waals surface area contributed by atoms with Crippen LogP contribution in [0.3, 0.4) is 0 Å². The van der Waals surface area contributed by atoms with Crippen LogP contribution in [0.15, 0.2) is 119 Å². The van der Waals surface area contributed by atoms with Crippen LogP contribution in [-0.2, 0) is 0 Å². The standard InChI is InChI=1S/C31H22Cl2N4O/c32-23-15-11-21(12-16-23)28-34-30-26-25(19-7-3-1-4-8-19)27(20-9-5-2-6-10-20)38-31(26)35-29(37(30)36-28)22-13-17-24(33)18-14-22/h1-18,28-29,35-36H/t28-,29-/m0/s1. The molecule has 2 N–H and O–H groups in total. The summed E-state index contributed by atoms with van der Waals surface area (Å²) in [5.74, 6) is 2.28. The van der Waals surface area contributed by atoms with E-state index in [1.165, 1.54) is 0 Å². The predicted octanol–water partition coefficient (Wildman–Crippen LogP) is 8.31. The summed E-state index contributed by atoms with van der Waals surface area (Å²) in [5.41, 5.74) is 9.62. The first-order chi connectivity index (χ1) is 18.7. The summed E-state index contributed by atoms with van der Waals surface area (Å²) >= 11 is 12.4. The molecule has 7 rings (SSSR count). The lowest BCUT2D eigenvalue weighted by Gasteiger charge is -2.35. The second-order valence-electron chi connectivity index (χ2n) is 9.25. The predicted molar refractivity (Wildman–Crippen MR) is 153 cm³/mol.